The minimum absolute atomic E-state index is 0.136. The van der Waals surface area contributed by atoms with E-state index in [9.17, 15) is 9.18 Å². The third kappa shape index (κ3) is 3.54. The molecule has 3 heterocycles. The largest absolute Gasteiger partial charge is 0.466 e. The van der Waals surface area contributed by atoms with Crippen LogP contribution in [0.5, 0.6) is 0 Å². The Morgan fingerprint density at radius 1 is 1.19 bits per heavy atom. The van der Waals surface area contributed by atoms with Crippen molar-refractivity contribution in [3.8, 4) is 11.4 Å². The lowest BCUT2D eigenvalue weighted by Crippen LogP contribution is -2.38. The molecule has 4 aromatic rings. The number of anilines is 1. The van der Waals surface area contributed by atoms with E-state index in [0.29, 0.717) is 66.1 Å². The van der Waals surface area contributed by atoms with Gasteiger partial charge in [-0.05, 0) is 50.1 Å². The van der Waals surface area contributed by atoms with E-state index in [4.69, 9.17) is 21.3 Å². The van der Waals surface area contributed by atoms with Gasteiger partial charge in [-0.2, -0.15) is 0 Å². The van der Waals surface area contributed by atoms with Gasteiger partial charge < -0.3 is 9.64 Å². The molecule has 164 valence electrons. The summed E-state index contributed by atoms with van der Waals surface area (Å²) in [6, 6.07) is 11.9. The van der Waals surface area contributed by atoms with Gasteiger partial charge in [0.05, 0.1) is 23.6 Å². The Morgan fingerprint density at radius 3 is 2.72 bits per heavy atom. The van der Waals surface area contributed by atoms with Gasteiger partial charge in [0, 0.05) is 23.5 Å². The number of piperidine rings is 1. The Kier molecular flexibility index (Phi) is 5.38. The van der Waals surface area contributed by atoms with Gasteiger partial charge in [-0.15, -0.1) is 10.2 Å². The maximum atomic E-state index is 14.7. The van der Waals surface area contributed by atoms with Crippen LogP contribution in [0.3, 0.4) is 0 Å². The Balaban J connectivity index is 1.64. The number of hydrogen-bond acceptors (Lipinski definition) is 6. The molecule has 0 aliphatic carbocycles. The topological polar surface area (TPSA) is 72.6 Å². The molecule has 0 unspecified atom stereocenters. The molecule has 0 N–H and O–H groups in total. The summed E-state index contributed by atoms with van der Waals surface area (Å²) in [5.41, 5.74) is 1.60. The van der Waals surface area contributed by atoms with Crippen LogP contribution in [-0.2, 0) is 9.53 Å². The second kappa shape index (κ2) is 8.35. The molecule has 1 fully saturated rings. The number of fused-ring (bicyclic) bond motifs is 3. The van der Waals surface area contributed by atoms with Gasteiger partial charge in [-0.1, -0.05) is 23.7 Å². The maximum Gasteiger partial charge on any atom is 0.309 e. The Labute approximate surface area is 188 Å². The van der Waals surface area contributed by atoms with Crippen molar-refractivity contribution in [2.24, 2.45) is 5.92 Å². The van der Waals surface area contributed by atoms with Crippen molar-refractivity contribution >= 4 is 40.1 Å². The van der Waals surface area contributed by atoms with Crippen molar-refractivity contribution in [1.82, 2.24) is 19.6 Å². The standard InChI is InChI=1S/C23H21ClFN5O2/c1-2-32-22(31)14-9-11-29(12-10-14)23-26-19-13-15(24)7-8-17(19)21-28-27-20(30(21)23)16-5-3-4-6-18(16)25/h3-8,13-14H,2,9-12H2,1H3. The number of nitrogens with zero attached hydrogens (tertiary/aromatic N) is 5. The molecule has 0 amide bonds. The minimum atomic E-state index is -0.384. The summed E-state index contributed by atoms with van der Waals surface area (Å²) in [5, 5.41) is 10.0. The molecule has 0 radical (unpaired) electrons. The lowest BCUT2D eigenvalue weighted by Gasteiger charge is -2.32. The van der Waals surface area contributed by atoms with E-state index < -0.39 is 0 Å². The van der Waals surface area contributed by atoms with Gasteiger partial charge in [-0.25, -0.2) is 13.8 Å². The fourth-order valence-electron chi connectivity index (χ4n) is 4.20. The molecular formula is C23H21ClFN5O2. The number of rotatable bonds is 4. The second-order valence-electron chi connectivity index (χ2n) is 7.75. The Hall–Kier alpha value is -3.26. The van der Waals surface area contributed by atoms with Crippen LogP contribution >= 0.6 is 11.6 Å². The number of hydrogen-bond donors (Lipinski definition) is 0. The summed E-state index contributed by atoms with van der Waals surface area (Å²) >= 11 is 6.22. The van der Waals surface area contributed by atoms with Crippen LogP contribution < -0.4 is 4.90 Å². The van der Waals surface area contributed by atoms with Gasteiger partial charge >= 0.3 is 5.97 Å². The van der Waals surface area contributed by atoms with Crippen LogP contribution in [0.4, 0.5) is 10.3 Å². The minimum Gasteiger partial charge on any atom is -0.466 e. The average Bonchev–Trinajstić information content (AvgIpc) is 3.24. The molecule has 1 saturated heterocycles. The van der Waals surface area contributed by atoms with E-state index in [-0.39, 0.29) is 17.7 Å². The number of benzene rings is 2. The van der Waals surface area contributed by atoms with Gasteiger partial charge in [0.1, 0.15) is 5.82 Å². The molecule has 5 rings (SSSR count). The summed E-state index contributed by atoms with van der Waals surface area (Å²) in [7, 11) is 0. The molecule has 0 bridgehead atoms. The van der Waals surface area contributed by atoms with Crippen LogP contribution in [0.15, 0.2) is 42.5 Å². The first-order valence-corrected chi connectivity index (χ1v) is 11.0. The molecule has 1 aliphatic rings. The molecule has 0 saturated carbocycles. The number of halogens is 2. The molecule has 2 aromatic carbocycles. The zero-order valence-corrected chi connectivity index (χ0v) is 18.2. The Bertz CT molecular complexity index is 1320. The predicted octanol–water partition coefficient (Wildman–Crippen LogP) is 4.52. The van der Waals surface area contributed by atoms with Gasteiger partial charge in [0.2, 0.25) is 5.95 Å². The Morgan fingerprint density at radius 2 is 1.97 bits per heavy atom. The summed E-state index contributed by atoms with van der Waals surface area (Å²) in [5.74, 6) is 0.297. The van der Waals surface area contributed by atoms with Crippen LogP contribution in [0, 0.1) is 11.7 Å². The van der Waals surface area contributed by atoms with E-state index in [2.05, 4.69) is 15.1 Å². The second-order valence-corrected chi connectivity index (χ2v) is 8.19. The molecule has 7 nitrogen and oxygen atoms in total. The summed E-state index contributed by atoms with van der Waals surface area (Å²) in [6.45, 7) is 3.39. The van der Waals surface area contributed by atoms with E-state index in [1.54, 1.807) is 34.7 Å². The summed E-state index contributed by atoms with van der Waals surface area (Å²) in [6.07, 6.45) is 1.29. The van der Waals surface area contributed by atoms with Gasteiger partial charge in [0.15, 0.2) is 11.5 Å². The number of carbonyl (C=O) groups is 1. The zero-order chi connectivity index (χ0) is 22.2. The molecular weight excluding hydrogens is 433 g/mol. The number of aromatic nitrogens is 4. The normalized spacial score (nSPS) is 14.9. The van der Waals surface area contributed by atoms with Crippen molar-refractivity contribution in [2.75, 3.05) is 24.6 Å². The van der Waals surface area contributed by atoms with E-state index in [1.165, 1.54) is 6.07 Å². The highest BCUT2D eigenvalue weighted by Crippen LogP contribution is 2.32. The predicted molar refractivity (Wildman–Crippen MR) is 120 cm³/mol. The SMILES string of the molecule is CCOC(=O)C1CCN(c2nc3cc(Cl)ccc3c3nnc(-c4ccccc4F)n23)CC1. The van der Waals surface area contributed by atoms with Crippen LogP contribution in [0.25, 0.3) is 27.9 Å². The highest BCUT2D eigenvalue weighted by Gasteiger charge is 2.29. The number of ether oxygens (including phenoxy) is 1. The summed E-state index contributed by atoms with van der Waals surface area (Å²) < 4.78 is 21.6. The quantitative estimate of drug-likeness (QED) is 0.423. The highest BCUT2D eigenvalue weighted by molar-refractivity contribution is 6.31. The summed E-state index contributed by atoms with van der Waals surface area (Å²) in [4.78, 5) is 19.1. The van der Waals surface area contributed by atoms with Crippen molar-refractivity contribution in [2.45, 2.75) is 19.8 Å². The smallest absolute Gasteiger partial charge is 0.309 e. The van der Waals surface area contributed by atoms with Gasteiger partial charge in [-0.3, -0.25) is 4.79 Å². The fraction of sp³-hybridized carbons (Fsp3) is 0.304. The fourth-order valence-corrected chi connectivity index (χ4v) is 4.36. The van der Waals surface area contributed by atoms with E-state index in [1.807, 2.05) is 13.0 Å². The van der Waals surface area contributed by atoms with Crippen LogP contribution in [-0.4, -0.2) is 45.2 Å². The monoisotopic (exact) mass is 453 g/mol. The third-order valence-electron chi connectivity index (χ3n) is 5.80. The van der Waals surface area contributed by atoms with E-state index >= 15 is 0 Å². The highest BCUT2D eigenvalue weighted by atomic mass is 35.5. The maximum absolute atomic E-state index is 14.7. The average molecular weight is 454 g/mol. The van der Waals surface area contributed by atoms with E-state index in [0.717, 1.165) is 5.39 Å². The molecule has 0 spiro atoms. The van der Waals surface area contributed by atoms with Crippen LogP contribution in [0.1, 0.15) is 19.8 Å². The number of carbonyl (C=O) groups excluding carboxylic acids is 1. The van der Waals surface area contributed by atoms with Crippen molar-refractivity contribution in [1.29, 1.82) is 0 Å². The van der Waals surface area contributed by atoms with Crippen molar-refractivity contribution in [3.63, 3.8) is 0 Å². The lowest BCUT2D eigenvalue weighted by molar-refractivity contribution is -0.148. The first-order valence-electron chi connectivity index (χ1n) is 10.6. The molecule has 2 aromatic heterocycles. The van der Waals surface area contributed by atoms with Gasteiger partial charge in [0.25, 0.3) is 0 Å². The molecule has 32 heavy (non-hydrogen) atoms. The first kappa shape index (κ1) is 20.6. The number of esters is 1. The third-order valence-corrected chi connectivity index (χ3v) is 6.03. The van der Waals surface area contributed by atoms with Crippen molar-refractivity contribution in [3.05, 3.63) is 53.3 Å². The molecule has 1 aliphatic heterocycles. The van der Waals surface area contributed by atoms with Crippen molar-refractivity contribution < 1.29 is 13.9 Å². The molecule has 0 atom stereocenters. The zero-order valence-electron chi connectivity index (χ0n) is 17.5. The van der Waals surface area contributed by atoms with Crippen LogP contribution in [0.2, 0.25) is 5.02 Å². The molecule has 9 heteroatoms. The first-order chi connectivity index (χ1) is 15.6. The lowest BCUT2D eigenvalue weighted by atomic mass is 9.97.